The van der Waals surface area contributed by atoms with Gasteiger partial charge in [0.15, 0.2) is 0 Å². The molecule has 3 atom stereocenters. The maximum atomic E-state index is 13.5. The Labute approximate surface area is 215 Å². The van der Waals surface area contributed by atoms with Crippen LogP contribution in [0.1, 0.15) is 37.0 Å². The normalized spacial score (nSPS) is 23.0. The number of likely N-dealkylation sites (N-methyl/N-ethyl adjacent to an activating group) is 1. The highest BCUT2D eigenvalue weighted by molar-refractivity contribution is 6.01. The highest BCUT2D eigenvalue weighted by Crippen LogP contribution is 2.19. The molecule has 0 unspecified atom stereocenters. The molecule has 5 amide bonds. The Morgan fingerprint density at radius 1 is 1.03 bits per heavy atom. The van der Waals surface area contributed by atoms with Gasteiger partial charge < -0.3 is 35.2 Å². The van der Waals surface area contributed by atoms with Crippen molar-refractivity contribution in [2.75, 3.05) is 46.4 Å². The molecule has 3 N–H and O–H groups in total. The van der Waals surface area contributed by atoms with Gasteiger partial charge in [0.1, 0.15) is 24.4 Å². The first-order chi connectivity index (χ1) is 17.6. The molecule has 202 valence electrons. The second-order valence-electron chi connectivity index (χ2n) is 9.31. The summed E-state index contributed by atoms with van der Waals surface area (Å²) in [7, 11) is 1.52. The maximum absolute atomic E-state index is 13.5. The van der Waals surface area contributed by atoms with E-state index in [0.717, 1.165) is 0 Å². The lowest BCUT2D eigenvalue weighted by Crippen LogP contribution is -2.56. The monoisotopic (exact) mass is 517 g/mol. The van der Waals surface area contributed by atoms with Crippen LogP contribution in [-0.4, -0.2) is 114 Å². The first kappa shape index (κ1) is 27.9. The van der Waals surface area contributed by atoms with Crippen molar-refractivity contribution >= 4 is 29.5 Å². The van der Waals surface area contributed by atoms with Crippen LogP contribution in [0.25, 0.3) is 0 Å². The van der Waals surface area contributed by atoms with E-state index in [0.29, 0.717) is 26.1 Å². The third-order valence-electron chi connectivity index (χ3n) is 6.50. The van der Waals surface area contributed by atoms with Gasteiger partial charge in [-0.1, -0.05) is 12.1 Å². The number of rotatable bonds is 2. The van der Waals surface area contributed by atoms with E-state index in [4.69, 9.17) is 4.74 Å². The first-order valence-corrected chi connectivity index (χ1v) is 12.4. The largest absolute Gasteiger partial charge is 0.491 e. The molecule has 0 aliphatic carbocycles. The minimum Gasteiger partial charge on any atom is -0.491 e. The van der Waals surface area contributed by atoms with E-state index < -0.39 is 48.2 Å². The third kappa shape index (κ3) is 7.19. The summed E-state index contributed by atoms with van der Waals surface area (Å²) in [6, 6.07) is 4.03. The Kier molecular flexibility index (Phi) is 9.45. The molecule has 2 aliphatic rings. The molecule has 0 aromatic heterocycles. The van der Waals surface area contributed by atoms with Gasteiger partial charge in [-0.25, -0.2) is 0 Å². The molecular formula is C25H35N5O7. The van der Waals surface area contributed by atoms with Gasteiger partial charge in [-0.15, -0.1) is 0 Å². The van der Waals surface area contributed by atoms with Crippen LogP contribution in [0.2, 0.25) is 0 Å². The first-order valence-electron chi connectivity index (χ1n) is 12.4. The third-order valence-corrected chi connectivity index (χ3v) is 6.50. The smallest absolute Gasteiger partial charge is 0.255 e. The maximum Gasteiger partial charge on any atom is 0.255 e. The predicted molar refractivity (Wildman–Crippen MR) is 133 cm³/mol. The molecule has 1 aromatic rings. The summed E-state index contributed by atoms with van der Waals surface area (Å²) < 4.78 is 5.76. The van der Waals surface area contributed by atoms with E-state index in [1.54, 1.807) is 29.2 Å². The van der Waals surface area contributed by atoms with Crippen LogP contribution in [0.5, 0.6) is 5.75 Å². The van der Waals surface area contributed by atoms with E-state index in [-0.39, 0.29) is 36.9 Å². The number of aliphatic hydroxyl groups is 1. The standard InChI is InChI=1S/C25H35N5O7/c1-16(31)22-25(36)28(3)13-14-37-20-8-5-4-7-18(20)23(34)26-19(15-21(33)27-22)24(35)30-10-6-9-29(11-12-30)17(2)32/h4-5,7-8,16,19,22,31H,6,9-15H2,1-3H3,(H,26,34)(H,27,33)/t16-,19+,22+/m1/s1. The average molecular weight is 518 g/mol. The zero-order chi connectivity index (χ0) is 27.1. The van der Waals surface area contributed by atoms with Crippen molar-refractivity contribution in [3.05, 3.63) is 29.8 Å². The number of benzene rings is 1. The summed E-state index contributed by atoms with van der Waals surface area (Å²) in [5.74, 6) is -2.07. The van der Waals surface area contributed by atoms with Gasteiger partial charge >= 0.3 is 0 Å². The van der Waals surface area contributed by atoms with Crippen LogP contribution in [-0.2, 0) is 19.2 Å². The Hall–Kier alpha value is -3.67. The Morgan fingerprint density at radius 2 is 1.70 bits per heavy atom. The van der Waals surface area contributed by atoms with E-state index in [2.05, 4.69) is 10.6 Å². The van der Waals surface area contributed by atoms with Crippen molar-refractivity contribution in [1.29, 1.82) is 0 Å². The van der Waals surface area contributed by atoms with Crippen molar-refractivity contribution in [2.24, 2.45) is 0 Å². The summed E-state index contributed by atoms with van der Waals surface area (Å²) in [6.07, 6.45) is -1.08. The highest BCUT2D eigenvalue weighted by atomic mass is 16.5. The molecule has 2 heterocycles. The number of nitrogens with one attached hydrogen (secondary N) is 2. The van der Waals surface area contributed by atoms with Crippen LogP contribution in [0.4, 0.5) is 0 Å². The Morgan fingerprint density at radius 3 is 2.41 bits per heavy atom. The molecular weight excluding hydrogens is 482 g/mol. The Bertz CT molecular complexity index is 1030. The predicted octanol–water partition coefficient (Wildman–Crippen LogP) is -1.03. The lowest BCUT2D eigenvalue weighted by atomic mass is 10.1. The molecule has 12 nitrogen and oxygen atoms in total. The molecule has 1 fully saturated rings. The van der Waals surface area contributed by atoms with Crippen LogP contribution in [0.15, 0.2) is 24.3 Å². The number of para-hydroxylation sites is 1. The van der Waals surface area contributed by atoms with Gasteiger partial charge in [0.25, 0.3) is 5.91 Å². The number of amides is 5. The molecule has 1 aromatic carbocycles. The molecule has 0 bridgehead atoms. The number of aliphatic hydroxyl groups excluding tert-OH is 1. The SMILES string of the molecule is CC(=O)N1CCCN(C(=O)[C@@H]2CC(=O)N[C@@H]([C@@H](C)O)C(=O)N(C)CCOc3ccccc3C(=O)N2)CC1. The van der Waals surface area contributed by atoms with Crippen LogP contribution in [0, 0.1) is 0 Å². The fraction of sp³-hybridized carbons (Fsp3) is 0.560. The van der Waals surface area contributed by atoms with E-state index in [9.17, 15) is 29.1 Å². The zero-order valence-electron chi connectivity index (χ0n) is 21.4. The number of ether oxygens (including phenoxy) is 1. The van der Waals surface area contributed by atoms with Crippen LogP contribution in [0.3, 0.4) is 0 Å². The molecule has 1 saturated heterocycles. The second kappa shape index (κ2) is 12.5. The number of carbonyl (C=O) groups is 5. The fourth-order valence-electron chi connectivity index (χ4n) is 4.34. The van der Waals surface area contributed by atoms with Gasteiger partial charge in [-0.2, -0.15) is 0 Å². The number of nitrogens with zero attached hydrogens (tertiary/aromatic N) is 3. The highest BCUT2D eigenvalue weighted by Gasteiger charge is 2.34. The van der Waals surface area contributed by atoms with Crippen molar-refractivity contribution in [1.82, 2.24) is 25.3 Å². The topological polar surface area (TPSA) is 149 Å². The quantitative estimate of drug-likeness (QED) is 0.454. The van der Waals surface area contributed by atoms with Gasteiger partial charge in [0.05, 0.1) is 24.6 Å². The van der Waals surface area contributed by atoms with Crippen molar-refractivity contribution < 1.29 is 33.8 Å². The number of hydrogen-bond acceptors (Lipinski definition) is 7. The van der Waals surface area contributed by atoms with E-state index in [1.165, 1.54) is 30.7 Å². The Balaban J connectivity index is 1.90. The molecule has 3 rings (SSSR count). The van der Waals surface area contributed by atoms with Gasteiger partial charge in [-0.3, -0.25) is 24.0 Å². The molecule has 12 heteroatoms. The zero-order valence-corrected chi connectivity index (χ0v) is 21.4. The van der Waals surface area contributed by atoms with E-state index in [1.807, 2.05) is 0 Å². The summed E-state index contributed by atoms with van der Waals surface area (Å²) in [5, 5.41) is 15.3. The minimum atomic E-state index is -1.24. The average Bonchev–Trinajstić information content (AvgIpc) is 3.12. The van der Waals surface area contributed by atoms with Crippen molar-refractivity contribution in [2.45, 2.75) is 44.9 Å². The molecule has 37 heavy (non-hydrogen) atoms. The molecule has 0 spiro atoms. The van der Waals surface area contributed by atoms with Gasteiger partial charge in [0.2, 0.25) is 23.6 Å². The lowest BCUT2D eigenvalue weighted by Gasteiger charge is -2.29. The number of hydrogen-bond donors (Lipinski definition) is 3. The molecule has 0 radical (unpaired) electrons. The van der Waals surface area contributed by atoms with Gasteiger partial charge in [-0.05, 0) is 25.5 Å². The summed E-state index contributed by atoms with van der Waals surface area (Å²) >= 11 is 0. The van der Waals surface area contributed by atoms with Crippen LogP contribution >= 0.6 is 0 Å². The van der Waals surface area contributed by atoms with Crippen molar-refractivity contribution in [3.63, 3.8) is 0 Å². The van der Waals surface area contributed by atoms with E-state index >= 15 is 0 Å². The minimum absolute atomic E-state index is 0.0653. The summed E-state index contributed by atoms with van der Waals surface area (Å²) in [4.78, 5) is 68.9. The van der Waals surface area contributed by atoms with Crippen molar-refractivity contribution in [3.8, 4) is 5.75 Å². The van der Waals surface area contributed by atoms with Gasteiger partial charge in [0, 0.05) is 40.2 Å². The second-order valence-corrected chi connectivity index (χ2v) is 9.31. The molecule has 0 saturated carbocycles. The molecule has 2 aliphatic heterocycles. The van der Waals surface area contributed by atoms with Crippen LogP contribution < -0.4 is 15.4 Å². The number of carbonyl (C=O) groups excluding carboxylic acids is 5. The fourth-order valence-corrected chi connectivity index (χ4v) is 4.34. The summed E-state index contributed by atoms with van der Waals surface area (Å²) in [6.45, 7) is 4.53. The lowest BCUT2D eigenvalue weighted by molar-refractivity contribution is -0.139. The number of fused-ring (bicyclic) bond motifs is 1. The summed E-state index contributed by atoms with van der Waals surface area (Å²) in [5.41, 5.74) is 0.187.